The van der Waals surface area contributed by atoms with Crippen LogP contribution in [0.5, 0.6) is 0 Å². The molecule has 2 unspecified atom stereocenters. The number of hydrogen-bond acceptors (Lipinski definition) is 4. The Hall–Kier alpha value is -4.65. The maximum atomic E-state index is 14.4. The molecule has 0 heterocycles. The van der Waals surface area contributed by atoms with Gasteiger partial charge in [0.1, 0.15) is 17.7 Å². The van der Waals surface area contributed by atoms with E-state index < -0.39 is 23.8 Å². The van der Waals surface area contributed by atoms with E-state index in [-0.39, 0.29) is 24.8 Å². The molecule has 2 atom stereocenters. The van der Waals surface area contributed by atoms with Gasteiger partial charge in [0.05, 0.1) is 0 Å². The molecule has 0 radical (unpaired) electrons. The van der Waals surface area contributed by atoms with E-state index in [2.05, 4.69) is 10.6 Å². The summed E-state index contributed by atoms with van der Waals surface area (Å²) < 4.78 is 5.50. The zero-order valence-corrected chi connectivity index (χ0v) is 25.8. The van der Waals surface area contributed by atoms with Crippen LogP contribution in [-0.2, 0) is 20.7 Å². The molecule has 224 valence electrons. The van der Waals surface area contributed by atoms with Crippen LogP contribution in [0.25, 0.3) is 10.8 Å². The minimum absolute atomic E-state index is 0.237. The molecule has 0 aliphatic carbocycles. The number of nitrogens with zero attached hydrogens (tertiary/aromatic N) is 1. The van der Waals surface area contributed by atoms with Crippen LogP contribution in [0.4, 0.5) is 10.5 Å². The third kappa shape index (κ3) is 8.22. The predicted molar refractivity (Wildman–Crippen MR) is 172 cm³/mol. The molecule has 0 fully saturated rings. The van der Waals surface area contributed by atoms with Crippen molar-refractivity contribution in [1.29, 1.82) is 0 Å². The Bertz CT molecular complexity index is 1590. The summed E-state index contributed by atoms with van der Waals surface area (Å²) in [6.45, 7) is 11.4. The molecule has 4 rings (SSSR count). The van der Waals surface area contributed by atoms with Crippen LogP contribution in [0.1, 0.15) is 56.0 Å². The fourth-order valence-electron chi connectivity index (χ4n) is 5.05. The van der Waals surface area contributed by atoms with Gasteiger partial charge in [-0.3, -0.25) is 9.59 Å². The molecule has 7 nitrogen and oxygen atoms in total. The van der Waals surface area contributed by atoms with Crippen LogP contribution >= 0.6 is 0 Å². The SMILES string of the molecule is CCN(C(=O)C(Cc1ccccc1)NC(=O)OC(C)(C)C)C(C(=O)Nc1ccc2ccccc2c1)c1ccc(C)c(C)c1. The van der Waals surface area contributed by atoms with Gasteiger partial charge >= 0.3 is 6.09 Å². The van der Waals surface area contributed by atoms with Gasteiger partial charge in [-0.15, -0.1) is 0 Å². The quantitative estimate of drug-likeness (QED) is 0.221. The summed E-state index contributed by atoms with van der Waals surface area (Å²) in [5.74, 6) is -0.724. The topological polar surface area (TPSA) is 87.7 Å². The number of hydrogen-bond donors (Lipinski definition) is 2. The van der Waals surface area contributed by atoms with E-state index in [1.165, 1.54) is 4.90 Å². The van der Waals surface area contributed by atoms with E-state index in [9.17, 15) is 14.4 Å². The minimum Gasteiger partial charge on any atom is -0.444 e. The smallest absolute Gasteiger partial charge is 0.408 e. The molecule has 2 N–H and O–H groups in total. The zero-order valence-electron chi connectivity index (χ0n) is 25.8. The lowest BCUT2D eigenvalue weighted by atomic mass is 9.97. The van der Waals surface area contributed by atoms with Crippen LogP contribution in [-0.4, -0.2) is 41.0 Å². The molecule has 0 saturated heterocycles. The van der Waals surface area contributed by atoms with Gasteiger partial charge in [-0.25, -0.2) is 4.79 Å². The van der Waals surface area contributed by atoms with Crippen molar-refractivity contribution in [3.8, 4) is 0 Å². The highest BCUT2D eigenvalue weighted by Gasteiger charge is 2.36. The molecule has 4 aromatic carbocycles. The van der Waals surface area contributed by atoms with Crippen LogP contribution in [0.15, 0.2) is 91.0 Å². The molecule has 0 aliphatic heterocycles. The van der Waals surface area contributed by atoms with Crippen molar-refractivity contribution in [3.63, 3.8) is 0 Å². The molecule has 0 saturated carbocycles. The molecular formula is C36H41N3O4. The van der Waals surface area contributed by atoms with Gasteiger partial charge in [0, 0.05) is 18.7 Å². The van der Waals surface area contributed by atoms with Gasteiger partial charge < -0.3 is 20.3 Å². The second-order valence-corrected chi connectivity index (χ2v) is 11.8. The van der Waals surface area contributed by atoms with Crippen LogP contribution in [0, 0.1) is 13.8 Å². The number of ether oxygens (including phenoxy) is 1. The Labute approximate surface area is 254 Å². The molecule has 7 heteroatoms. The van der Waals surface area contributed by atoms with Crippen molar-refractivity contribution >= 4 is 34.4 Å². The van der Waals surface area contributed by atoms with Gasteiger partial charge in [-0.05, 0) is 86.7 Å². The summed E-state index contributed by atoms with van der Waals surface area (Å²) in [5.41, 5.74) is 3.55. The van der Waals surface area contributed by atoms with Crippen LogP contribution in [0.3, 0.4) is 0 Å². The minimum atomic E-state index is -0.959. The Morgan fingerprint density at radius 3 is 2.14 bits per heavy atom. The molecule has 43 heavy (non-hydrogen) atoms. The van der Waals surface area contributed by atoms with E-state index in [0.29, 0.717) is 11.3 Å². The highest BCUT2D eigenvalue weighted by atomic mass is 16.6. The molecule has 0 bridgehead atoms. The van der Waals surface area contributed by atoms with E-state index in [1.54, 1.807) is 20.8 Å². The lowest BCUT2D eigenvalue weighted by molar-refractivity contribution is -0.140. The van der Waals surface area contributed by atoms with Gasteiger partial charge in [-0.2, -0.15) is 0 Å². The number of carbonyl (C=O) groups excluding carboxylic acids is 3. The number of carbonyl (C=O) groups is 3. The van der Waals surface area contributed by atoms with E-state index in [0.717, 1.165) is 27.5 Å². The first-order valence-electron chi connectivity index (χ1n) is 14.7. The van der Waals surface area contributed by atoms with Crippen molar-refractivity contribution in [3.05, 3.63) is 113 Å². The van der Waals surface area contributed by atoms with Gasteiger partial charge in [0.25, 0.3) is 5.91 Å². The fourth-order valence-corrected chi connectivity index (χ4v) is 5.05. The average Bonchev–Trinajstić information content (AvgIpc) is 2.96. The van der Waals surface area contributed by atoms with Crippen molar-refractivity contribution in [2.75, 3.05) is 11.9 Å². The Morgan fingerprint density at radius 1 is 0.814 bits per heavy atom. The monoisotopic (exact) mass is 579 g/mol. The summed E-state index contributed by atoms with van der Waals surface area (Å²) in [4.78, 5) is 42.9. The summed E-state index contributed by atoms with van der Waals surface area (Å²) in [6, 6.07) is 27.0. The van der Waals surface area contributed by atoms with Crippen LogP contribution in [0.2, 0.25) is 0 Å². The first kappa shape index (κ1) is 31.3. The normalized spacial score (nSPS) is 12.7. The fraction of sp³-hybridized carbons (Fsp3) is 0.306. The standard InChI is InChI=1S/C36H41N3O4/c1-7-39(34(41)31(22-26-13-9-8-10-14-26)38-35(42)43-36(4,5)6)32(29-18-17-24(2)25(3)21-29)33(40)37-30-20-19-27-15-11-12-16-28(27)23-30/h8-21,23,31-32H,7,22H2,1-6H3,(H,37,40)(H,38,42). The first-order valence-corrected chi connectivity index (χ1v) is 14.7. The molecular weight excluding hydrogens is 538 g/mol. The van der Waals surface area contributed by atoms with Gasteiger partial charge in [0.15, 0.2) is 0 Å². The summed E-state index contributed by atoms with van der Waals surface area (Å²) in [5, 5.41) is 7.90. The highest BCUT2D eigenvalue weighted by molar-refractivity contribution is 6.00. The average molecular weight is 580 g/mol. The van der Waals surface area contributed by atoms with Crippen molar-refractivity contribution in [2.24, 2.45) is 0 Å². The summed E-state index contributed by atoms with van der Waals surface area (Å²) in [7, 11) is 0. The second-order valence-electron chi connectivity index (χ2n) is 11.8. The van der Waals surface area contributed by atoms with E-state index in [4.69, 9.17) is 4.74 Å². The first-order chi connectivity index (χ1) is 20.4. The lowest BCUT2D eigenvalue weighted by Crippen LogP contribution is -2.53. The molecule has 0 aromatic heterocycles. The Kier molecular flexibility index (Phi) is 9.86. The van der Waals surface area contributed by atoms with Gasteiger partial charge in [-0.1, -0.05) is 78.9 Å². The molecule has 0 spiro atoms. The number of likely N-dealkylation sites (N-methyl/N-ethyl adjacent to an activating group) is 1. The molecule has 4 aromatic rings. The number of nitrogens with one attached hydrogen (secondary N) is 2. The number of benzene rings is 4. The highest BCUT2D eigenvalue weighted by Crippen LogP contribution is 2.27. The number of fused-ring (bicyclic) bond motifs is 1. The largest absolute Gasteiger partial charge is 0.444 e. The van der Waals surface area contributed by atoms with Crippen molar-refractivity contribution in [2.45, 2.75) is 65.6 Å². The summed E-state index contributed by atoms with van der Waals surface area (Å²) in [6.07, 6.45) is -0.456. The van der Waals surface area contributed by atoms with E-state index in [1.807, 2.05) is 112 Å². The third-order valence-electron chi connectivity index (χ3n) is 7.32. The predicted octanol–water partition coefficient (Wildman–Crippen LogP) is 7.12. The van der Waals surface area contributed by atoms with Crippen molar-refractivity contribution in [1.82, 2.24) is 10.2 Å². The number of amides is 3. The van der Waals surface area contributed by atoms with Gasteiger partial charge in [0.2, 0.25) is 5.91 Å². The number of rotatable bonds is 9. The van der Waals surface area contributed by atoms with Crippen LogP contribution < -0.4 is 10.6 Å². The lowest BCUT2D eigenvalue weighted by Gasteiger charge is -2.34. The molecule has 3 amide bonds. The Morgan fingerprint density at radius 2 is 1.49 bits per heavy atom. The number of alkyl carbamates (subject to hydrolysis) is 1. The number of anilines is 1. The maximum Gasteiger partial charge on any atom is 0.408 e. The maximum absolute atomic E-state index is 14.4. The second kappa shape index (κ2) is 13.6. The zero-order chi connectivity index (χ0) is 31.1. The van der Waals surface area contributed by atoms with E-state index >= 15 is 0 Å². The van der Waals surface area contributed by atoms with Crippen molar-refractivity contribution < 1.29 is 19.1 Å². The molecule has 0 aliphatic rings. The third-order valence-corrected chi connectivity index (χ3v) is 7.32. The Balaban J connectivity index is 1.71. The number of aryl methyl sites for hydroxylation is 2. The summed E-state index contributed by atoms with van der Waals surface area (Å²) >= 11 is 0.